The summed E-state index contributed by atoms with van der Waals surface area (Å²) in [4.78, 5) is 14.1. The average Bonchev–Trinajstić information content (AvgIpc) is 3.11. The SMILES string of the molecule is C#CCN1CCC[C@@]1(CS(=O)(=O)c1ccc(Oc2ccccc2)cc1)C(=O)NO. The van der Waals surface area contributed by atoms with Gasteiger partial charge in [-0.25, -0.2) is 13.9 Å². The molecule has 1 aliphatic rings. The summed E-state index contributed by atoms with van der Waals surface area (Å²) < 4.78 is 31.8. The monoisotopic (exact) mass is 414 g/mol. The Morgan fingerprint density at radius 3 is 2.45 bits per heavy atom. The van der Waals surface area contributed by atoms with E-state index in [1.165, 1.54) is 12.1 Å². The van der Waals surface area contributed by atoms with Crippen molar-refractivity contribution in [3.05, 3.63) is 54.6 Å². The van der Waals surface area contributed by atoms with Crippen LogP contribution in [0.15, 0.2) is 59.5 Å². The lowest BCUT2D eigenvalue weighted by atomic mass is 9.98. The highest BCUT2D eigenvalue weighted by molar-refractivity contribution is 7.91. The van der Waals surface area contributed by atoms with Gasteiger partial charge in [0.2, 0.25) is 0 Å². The van der Waals surface area contributed by atoms with Crippen molar-refractivity contribution in [2.75, 3.05) is 18.8 Å². The van der Waals surface area contributed by atoms with Crippen molar-refractivity contribution in [3.8, 4) is 23.8 Å². The highest BCUT2D eigenvalue weighted by Crippen LogP contribution is 2.33. The van der Waals surface area contributed by atoms with Crippen molar-refractivity contribution in [3.63, 3.8) is 0 Å². The van der Waals surface area contributed by atoms with E-state index < -0.39 is 27.0 Å². The number of carbonyl (C=O) groups excluding carboxylic acids is 1. The maximum absolute atomic E-state index is 13.1. The van der Waals surface area contributed by atoms with Gasteiger partial charge in [0.15, 0.2) is 9.84 Å². The number of hydroxylamine groups is 1. The molecule has 0 bridgehead atoms. The number of nitrogens with one attached hydrogen (secondary N) is 1. The second-order valence-electron chi connectivity index (χ2n) is 6.85. The summed E-state index contributed by atoms with van der Waals surface area (Å²) in [6, 6.07) is 15.1. The first kappa shape index (κ1) is 20.9. The van der Waals surface area contributed by atoms with Crippen LogP contribution < -0.4 is 10.2 Å². The summed E-state index contributed by atoms with van der Waals surface area (Å²) in [6.07, 6.45) is 6.27. The molecule has 2 aromatic rings. The van der Waals surface area contributed by atoms with Crippen molar-refractivity contribution in [1.82, 2.24) is 10.4 Å². The molecule has 8 heteroatoms. The van der Waals surface area contributed by atoms with Crippen LogP contribution in [-0.2, 0) is 14.6 Å². The molecule has 1 saturated heterocycles. The number of nitrogens with zero attached hydrogens (tertiary/aromatic N) is 1. The third-order valence-electron chi connectivity index (χ3n) is 5.02. The molecule has 2 aromatic carbocycles. The maximum atomic E-state index is 13.1. The Bertz CT molecular complexity index is 1000. The summed E-state index contributed by atoms with van der Waals surface area (Å²) in [5.41, 5.74) is 0.209. The van der Waals surface area contributed by atoms with Gasteiger partial charge in [-0.05, 0) is 49.2 Å². The fourth-order valence-corrected chi connectivity index (χ4v) is 5.41. The maximum Gasteiger partial charge on any atom is 0.264 e. The van der Waals surface area contributed by atoms with Gasteiger partial charge in [-0.2, -0.15) is 0 Å². The number of hydrogen-bond acceptors (Lipinski definition) is 6. The number of para-hydroxylation sites is 1. The molecule has 29 heavy (non-hydrogen) atoms. The lowest BCUT2D eigenvalue weighted by molar-refractivity contribution is -0.139. The number of carbonyl (C=O) groups is 1. The lowest BCUT2D eigenvalue weighted by Crippen LogP contribution is -2.58. The molecule has 152 valence electrons. The zero-order valence-corrected chi connectivity index (χ0v) is 16.6. The summed E-state index contributed by atoms with van der Waals surface area (Å²) in [5.74, 6) is 2.34. The smallest absolute Gasteiger partial charge is 0.264 e. The van der Waals surface area contributed by atoms with Crippen LogP contribution in [0.25, 0.3) is 0 Å². The van der Waals surface area contributed by atoms with Crippen LogP contribution in [0.1, 0.15) is 12.8 Å². The Hall–Kier alpha value is -2.86. The lowest BCUT2D eigenvalue weighted by Gasteiger charge is -2.34. The topological polar surface area (TPSA) is 95.9 Å². The molecule has 1 fully saturated rings. The molecule has 0 saturated carbocycles. The van der Waals surface area contributed by atoms with Crippen molar-refractivity contribution in [2.24, 2.45) is 0 Å². The summed E-state index contributed by atoms with van der Waals surface area (Å²) in [5, 5.41) is 9.20. The minimum absolute atomic E-state index is 0.0654. The van der Waals surface area contributed by atoms with Crippen LogP contribution in [-0.4, -0.2) is 48.8 Å². The summed E-state index contributed by atoms with van der Waals surface area (Å²) in [7, 11) is -3.84. The Labute approximate surface area is 170 Å². The highest BCUT2D eigenvalue weighted by Gasteiger charge is 2.50. The van der Waals surface area contributed by atoms with Crippen LogP contribution in [0.3, 0.4) is 0 Å². The van der Waals surface area contributed by atoms with E-state index in [1.807, 2.05) is 18.2 Å². The van der Waals surface area contributed by atoms with Crippen molar-refractivity contribution >= 4 is 15.7 Å². The van der Waals surface area contributed by atoms with Crippen molar-refractivity contribution < 1.29 is 23.2 Å². The molecule has 0 aromatic heterocycles. The standard InChI is InChI=1S/C21H22N2O5S/c1-2-14-23-15-6-13-21(23,20(24)22-25)16-29(26,27)19-11-9-18(10-12-19)28-17-7-4-3-5-8-17/h1,3-5,7-12,25H,6,13-16H2,(H,22,24)/t21-/m1/s1. The van der Waals surface area contributed by atoms with E-state index in [9.17, 15) is 18.4 Å². The van der Waals surface area contributed by atoms with E-state index >= 15 is 0 Å². The van der Waals surface area contributed by atoms with Crippen LogP contribution in [0, 0.1) is 12.3 Å². The van der Waals surface area contributed by atoms with Crippen molar-refractivity contribution in [1.29, 1.82) is 0 Å². The largest absolute Gasteiger partial charge is 0.457 e. The van der Waals surface area contributed by atoms with Gasteiger partial charge < -0.3 is 4.74 Å². The number of likely N-dealkylation sites (tertiary alicyclic amines) is 1. The predicted octanol–water partition coefficient (Wildman–Crippen LogP) is 2.23. The Morgan fingerprint density at radius 2 is 1.83 bits per heavy atom. The first-order chi connectivity index (χ1) is 13.9. The number of ether oxygens (including phenoxy) is 1. The number of rotatable bonds is 7. The van der Waals surface area contributed by atoms with E-state index in [4.69, 9.17) is 11.2 Å². The molecule has 2 N–H and O–H groups in total. The van der Waals surface area contributed by atoms with Crippen LogP contribution in [0.5, 0.6) is 11.5 Å². The van der Waals surface area contributed by atoms with Gasteiger partial charge >= 0.3 is 0 Å². The fourth-order valence-electron chi connectivity index (χ4n) is 3.60. The molecule has 1 atom stereocenters. The van der Waals surface area contributed by atoms with E-state index in [0.29, 0.717) is 24.5 Å². The van der Waals surface area contributed by atoms with E-state index in [2.05, 4.69) is 5.92 Å². The molecule has 7 nitrogen and oxygen atoms in total. The normalized spacial score (nSPS) is 19.4. The van der Waals surface area contributed by atoms with Gasteiger partial charge in [0, 0.05) is 6.54 Å². The molecule has 1 amide bonds. The van der Waals surface area contributed by atoms with Gasteiger partial charge in [0.25, 0.3) is 5.91 Å². The van der Waals surface area contributed by atoms with E-state index in [0.717, 1.165) is 0 Å². The van der Waals surface area contributed by atoms with Crippen LogP contribution >= 0.6 is 0 Å². The summed E-state index contributed by atoms with van der Waals surface area (Å²) in [6.45, 7) is 0.601. The molecule has 3 rings (SSSR count). The second-order valence-corrected chi connectivity index (χ2v) is 8.84. The van der Waals surface area contributed by atoms with Gasteiger partial charge in [-0.3, -0.25) is 14.9 Å². The quantitative estimate of drug-likeness (QED) is 0.410. The van der Waals surface area contributed by atoms with Crippen LogP contribution in [0.2, 0.25) is 0 Å². The number of terminal acetylenes is 1. The van der Waals surface area contributed by atoms with Crippen molar-refractivity contribution in [2.45, 2.75) is 23.3 Å². The second kappa shape index (κ2) is 8.66. The predicted molar refractivity (Wildman–Crippen MR) is 107 cm³/mol. The molecule has 0 aliphatic carbocycles. The molecule has 0 radical (unpaired) electrons. The Kier molecular flexibility index (Phi) is 6.23. The minimum atomic E-state index is -3.84. The zero-order valence-electron chi connectivity index (χ0n) is 15.7. The number of sulfone groups is 1. The molecule has 1 heterocycles. The van der Waals surface area contributed by atoms with Gasteiger partial charge in [-0.1, -0.05) is 24.1 Å². The number of benzene rings is 2. The van der Waals surface area contributed by atoms with Gasteiger partial charge in [-0.15, -0.1) is 6.42 Å². The molecule has 0 spiro atoms. The first-order valence-electron chi connectivity index (χ1n) is 9.10. The zero-order chi connectivity index (χ0) is 20.9. The van der Waals surface area contributed by atoms with Gasteiger partial charge in [0.1, 0.15) is 17.0 Å². The fraction of sp³-hybridized carbons (Fsp3) is 0.286. The van der Waals surface area contributed by atoms with E-state index in [1.54, 1.807) is 34.6 Å². The Balaban J connectivity index is 1.84. The third kappa shape index (κ3) is 4.43. The van der Waals surface area contributed by atoms with E-state index in [-0.39, 0.29) is 17.9 Å². The first-order valence-corrected chi connectivity index (χ1v) is 10.8. The number of amides is 1. The van der Waals surface area contributed by atoms with Gasteiger partial charge in [0.05, 0.1) is 17.2 Å². The molecular weight excluding hydrogens is 392 g/mol. The molecule has 0 unspecified atom stereocenters. The molecular formula is C21H22N2O5S. The third-order valence-corrected chi connectivity index (χ3v) is 6.87. The minimum Gasteiger partial charge on any atom is -0.457 e. The Morgan fingerprint density at radius 1 is 1.17 bits per heavy atom. The average molecular weight is 414 g/mol. The summed E-state index contributed by atoms with van der Waals surface area (Å²) >= 11 is 0. The van der Waals surface area contributed by atoms with Crippen LogP contribution in [0.4, 0.5) is 0 Å². The molecule has 1 aliphatic heterocycles. The highest BCUT2D eigenvalue weighted by atomic mass is 32.2. The number of hydrogen-bond donors (Lipinski definition) is 2.